The van der Waals surface area contributed by atoms with E-state index in [1.165, 1.54) is 0 Å². The molecule has 0 aliphatic rings. The van der Waals surface area contributed by atoms with Gasteiger partial charge in [0, 0.05) is 23.6 Å². The predicted octanol–water partition coefficient (Wildman–Crippen LogP) is 3.05. The molecular weight excluding hydrogens is 559 g/mol. The van der Waals surface area contributed by atoms with E-state index in [0.29, 0.717) is 30.9 Å². The normalized spacial score (nSPS) is 10.4. The molecule has 0 radical (unpaired) electrons. The standard InChI is InChI=1S/C27H25F5N2O7/c28-21-22(29)24(31)26(25(32)23(21)30)41-20(35)7-10-37-12-14-39-16-17-40-15-13-38-11-9-34-27(36)19-5-3-18(4-6-19)2-1-8-33/h3-6H,7,9-17H2,(H,34,36). The summed E-state index contributed by atoms with van der Waals surface area (Å²) in [4.78, 5) is 23.7. The van der Waals surface area contributed by atoms with Gasteiger partial charge in [-0.3, -0.25) is 9.59 Å². The number of nitrogens with one attached hydrogen (secondary N) is 1. The van der Waals surface area contributed by atoms with Gasteiger partial charge in [-0.05, 0) is 24.3 Å². The summed E-state index contributed by atoms with van der Waals surface area (Å²) < 4.78 is 91.5. The number of hydrogen-bond acceptors (Lipinski definition) is 8. The van der Waals surface area contributed by atoms with Gasteiger partial charge >= 0.3 is 5.97 Å². The third-order valence-corrected chi connectivity index (χ3v) is 4.89. The quantitative estimate of drug-likeness (QED) is 0.0574. The Morgan fingerprint density at radius 1 is 0.707 bits per heavy atom. The van der Waals surface area contributed by atoms with Crippen molar-refractivity contribution in [1.29, 1.82) is 5.26 Å². The number of nitriles is 1. The summed E-state index contributed by atoms with van der Waals surface area (Å²) in [6.45, 7) is 1.64. The first-order valence-electron chi connectivity index (χ1n) is 12.1. The first kappa shape index (κ1) is 33.1. The minimum Gasteiger partial charge on any atom is -0.420 e. The molecule has 2 aromatic rings. The van der Waals surface area contributed by atoms with Crippen LogP contribution in [0.5, 0.6) is 5.75 Å². The van der Waals surface area contributed by atoms with Crippen molar-refractivity contribution in [3.05, 3.63) is 64.5 Å². The second-order valence-corrected chi connectivity index (χ2v) is 7.77. The van der Waals surface area contributed by atoms with E-state index in [1.54, 1.807) is 30.3 Å². The molecule has 41 heavy (non-hydrogen) atoms. The van der Waals surface area contributed by atoms with Crippen molar-refractivity contribution in [2.45, 2.75) is 6.42 Å². The van der Waals surface area contributed by atoms with Crippen molar-refractivity contribution in [2.75, 3.05) is 59.4 Å². The number of hydrogen-bond donors (Lipinski definition) is 1. The maximum absolute atomic E-state index is 13.5. The minimum absolute atomic E-state index is 0.0596. The number of esters is 1. The van der Waals surface area contributed by atoms with Crippen molar-refractivity contribution >= 4 is 11.9 Å². The summed E-state index contributed by atoms with van der Waals surface area (Å²) in [7, 11) is 0. The van der Waals surface area contributed by atoms with E-state index < -0.39 is 47.2 Å². The Bertz CT molecular complexity index is 1250. The Labute approximate surface area is 232 Å². The highest BCUT2D eigenvalue weighted by molar-refractivity contribution is 5.94. The lowest BCUT2D eigenvalue weighted by molar-refractivity contribution is -0.136. The molecule has 0 bridgehead atoms. The van der Waals surface area contributed by atoms with Crippen molar-refractivity contribution in [2.24, 2.45) is 0 Å². The molecule has 9 nitrogen and oxygen atoms in total. The molecule has 0 spiro atoms. The molecule has 0 aliphatic carbocycles. The van der Waals surface area contributed by atoms with Gasteiger partial charge in [0.1, 0.15) is 0 Å². The lowest BCUT2D eigenvalue weighted by Gasteiger charge is -2.09. The van der Waals surface area contributed by atoms with Gasteiger partial charge in [0.25, 0.3) is 5.91 Å². The van der Waals surface area contributed by atoms with Crippen LogP contribution in [0.15, 0.2) is 24.3 Å². The van der Waals surface area contributed by atoms with Gasteiger partial charge in [-0.25, -0.2) is 13.2 Å². The molecule has 0 fully saturated rings. The zero-order chi connectivity index (χ0) is 30.0. The van der Waals surface area contributed by atoms with Crippen LogP contribution < -0.4 is 10.1 Å². The Morgan fingerprint density at radius 3 is 1.73 bits per heavy atom. The monoisotopic (exact) mass is 584 g/mol. The lowest BCUT2D eigenvalue weighted by atomic mass is 10.1. The molecule has 0 unspecified atom stereocenters. The van der Waals surface area contributed by atoms with Crippen LogP contribution in [0.25, 0.3) is 0 Å². The third-order valence-electron chi connectivity index (χ3n) is 4.89. The molecule has 14 heteroatoms. The fourth-order valence-electron chi connectivity index (χ4n) is 2.90. The molecule has 1 N–H and O–H groups in total. The molecule has 0 aliphatic heterocycles. The van der Waals surface area contributed by atoms with Crippen LogP contribution in [0, 0.1) is 52.3 Å². The summed E-state index contributed by atoms with van der Waals surface area (Å²) in [5.74, 6) is -9.57. The Kier molecular flexibility index (Phi) is 14.8. The Balaban J connectivity index is 1.42. The molecule has 0 saturated heterocycles. The molecule has 0 atom stereocenters. The van der Waals surface area contributed by atoms with Crippen molar-refractivity contribution in [1.82, 2.24) is 5.32 Å². The minimum atomic E-state index is -2.36. The number of ether oxygens (including phenoxy) is 5. The van der Waals surface area contributed by atoms with Crippen LogP contribution in [-0.2, 0) is 23.7 Å². The lowest BCUT2D eigenvalue weighted by Crippen LogP contribution is -2.27. The van der Waals surface area contributed by atoms with Crippen molar-refractivity contribution < 1.29 is 55.2 Å². The summed E-state index contributed by atoms with van der Waals surface area (Å²) in [5.41, 5.74) is 1.08. The van der Waals surface area contributed by atoms with Gasteiger partial charge in [-0.1, -0.05) is 5.92 Å². The highest BCUT2D eigenvalue weighted by Gasteiger charge is 2.28. The molecule has 220 valence electrons. The molecular formula is C27H25F5N2O7. The average molecular weight is 584 g/mol. The predicted molar refractivity (Wildman–Crippen MR) is 131 cm³/mol. The second kappa shape index (κ2) is 18.3. The van der Waals surface area contributed by atoms with E-state index in [1.807, 2.05) is 0 Å². The van der Waals surface area contributed by atoms with Crippen LogP contribution in [0.4, 0.5) is 22.0 Å². The molecule has 2 rings (SSSR count). The maximum Gasteiger partial charge on any atom is 0.313 e. The number of carbonyl (C=O) groups excluding carboxylic acids is 2. The second-order valence-electron chi connectivity index (χ2n) is 7.77. The smallest absolute Gasteiger partial charge is 0.313 e. The number of rotatable bonds is 17. The fraction of sp³-hybridized carbons (Fsp3) is 0.370. The van der Waals surface area contributed by atoms with Crippen LogP contribution in [0.1, 0.15) is 22.3 Å². The summed E-state index contributed by atoms with van der Waals surface area (Å²) in [6, 6.07) is 8.21. The number of benzene rings is 2. The largest absolute Gasteiger partial charge is 0.420 e. The Morgan fingerprint density at radius 2 is 1.20 bits per heavy atom. The molecule has 0 heterocycles. The zero-order valence-electron chi connectivity index (χ0n) is 21.6. The van der Waals surface area contributed by atoms with E-state index in [9.17, 15) is 31.5 Å². The van der Waals surface area contributed by atoms with Crippen molar-refractivity contribution in [3.8, 4) is 23.7 Å². The van der Waals surface area contributed by atoms with Crippen LogP contribution in [-0.4, -0.2) is 71.3 Å². The van der Waals surface area contributed by atoms with E-state index >= 15 is 0 Å². The van der Waals surface area contributed by atoms with E-state index in [2.05, 4.69) is 21.9 Å². The van der Waals surface area contributed by atoms with E-state index in [0.717, 1.165) is 0 Å². The third kappa shape index (κ3) is 11.5. The first-order chi connectivity index (χ1) is 19.8. The number of nitrogens with zero attached hydrogens (tertiary/aromatic N) is 1. The topological polar surface area (TPSA) is 116 Å². The van der Waals surface area contributed by atoms with Gasteiger partial charge in [0.15, 0.2) is 6.07 Å². The molecule has 0 aromatic heterocycles. The maximum atomic E-state index is 13.5. The van der Waals surface area contributed by atoms with Crippen molar-refractivity contribution in [3.63, 3.8) is 0 Å². The van der Waals surface area contributed by atoms with Gasteiger partial charge in [0.2, 0.25) is 34.8 Å². The Hall–Kier alpha value is -4.08. The van der Waals surface area contributed by atoms with Gasteiger partial charge < -0.3 is 29.0 Å². The molecule has 2 aromatic carbocycles. The summed E-state index contributed by atoms with van der Waals surface area (Å²) in [5, 5.41) is 11.1. The average Bonchev–Trinajstić information content (AvgIpc) is 2.98. The number of halogens is 5. The van der Waals surface area contributed by atoms with E-state index in [-0.39, 0.29) is 45.5 Å². The first-order valence-corrected chi connectivity index (χ1v) is 12.1. The highest BCUT2D eigenvalue weighted by Crippen LogP contribution is 2.29. The molecule has 1 amide bonds. The molecule has 0 saturated carbocycles. The van der Waals surface area contributed by atoms with E-state index in [4.69, 9.17) is 24.2 Å². The highest BCUT2D eigenvalue weighted by atomic mass is 19.2. The summed E-state index contributed by atoms with van der Waals surface area (Å²) in [6.07, 6.45) is -0.501. The van der Waals surface area contributed by atoms with Crippen LogP contribution >= 0.6 is 0 Å². The fourth-order valence-corrected chi connectivity index (χ4v) is 2.90. The summed E-state index contributed by atoms with van der Waals surface area (Å²) >= 11 is 0. The van der Waals surface area contributed by atoms with Crippen LogP contribution in [0.3, 0.4) is 0 Å². The van der Waals surface area contributed by atoms with Gasteiger partial charge in [0.05, 0.1) is 59.3 Å². The number of carbonyl (C=O) groups is 2. The van der Waals surface area contributed by atoms with Gasteiger partial charge in [-0.15, -0.1) is 0 Å². The zero-order valence-corrected chi connectivity index (χ0v) is 21.6. The van der Waals surface area contributed by atoms with Crippen LogP contribution in [0.2, 0.25) is 0 Å². The van der Waals surface area contributed by atoms with Gasteiger partial charge in [-0.2, -0.15) is 14.0 Å². The SMILES string of the molecule is N#CC#Cc1ccc(C(=O)NCCOCCOCCOCCOCCC(=O)Oc2c(F)c(F)c(F)c(F)c2F)cc1. The number of amides is 1.